The lowest BCUT2D eigenvalue weighted by atomic mass is 9.90. The highest BCUT2D eigenvalue weighted by atomic mass is 16.2. The van der Waals surface area contributed by atoms with Crippen LogP contribution in [0, 0.1) is 5.92 Å². The molecule has 3 N–H and O–H groups in total. The van der Waals surface area contributed by atoms with E-state index in [1.807, 2.05) is 23.1 Å². The molecule has 23 heavy (non-hydrogen) atoms. The lowest BCUT2D eigenvalue weighted by Gasteiger charge is -2.36. The molecule has 5 nitrogen and oxygen atoms in total. The molecule has 0 bridgehead atoms. The predicted molar refractivity (Wildman–Crippen MR) is 88.6 cm³/mol. The van der Waals surface area contributed by atoms with E-state index in [0.717, 1.165) is 12.0 Å². The third-order valence-corrected chi connectivity index (χ3v) is 4.96. The van der Waals surface area contributed by atoms with E-state index in [1.165, 1.54) is 18.4 Å². The quantitative estimate of drug-likeness (QED) is 0.862. The van der Waals surface area contributed by atoms with Gasteiger partial charge in [-0.15, -0.1) is 0 Å². The number of amides is 2. The van der Waals surface area contributed by atoms with Gasteiger partial charge in [-0.3, -0.25) is 9.59 Å². The van der Waals surface area contributed by atoms with Crippen LogP contribution in [0.25, 0.3) is 0 Å². The summed E-state index contributed by atoms with van der Waals surface area (Å²) >= 11 is 0. The molecule has 1 saturated carbocycles. The van der Waals surface area contributed by atoms with Crippen LogP contribution in [0.3, 0.4) is 0 Å². The number of carbonyl (C=O) groups excluding carboxylic acids is 2. The number of nitrogens with zero attached hydrogens (tertiary/aromatic N) is 1. The fourth-order valence-corrected chi connectivity index (χ4v) is 3.42. The molecular weight excluding hydrogens is 290 g/mol. The highest BCUT2D eigenvalue weighted by molar-refractivity contribution is 5.79. The summed E-state index contributed by atoms with van der Waals surface area (Å²) < 4.78 is 0. The molecule has 1 aliphatic heterocycles. The van der Waals surface area contributed by atoms with Crippen molar-refractivity contribution in [2.45, 2.75) is 44.7 Å². The van der Waals surface area contributed by atoms with E-state index < -0.39 is 0 Å². The highest BCUT2D eigenvalue weighted by Crippen LogP contribution is 2.33. The molecule has 1 fully saturated rings. The Morgan fingerprint density at radius 1 is 1.35 bits per heavy atom. The van der Waals surface area contributed by atoms with E-state index in [9.17, 15) is 9.59 Å². The number of hydrogen-bond donors (Lipinski definition) is 2. The van der Waals surface area contributed by atoms with E-state index in [1.54, 1.807) is 6.92 Å². The largest absolute Gasteiger partial charge is 0.354 e. The Morgan fingerprint density at radius 2 is 2.09 bits per heavy atom. The third kappa shape index (κ3) is 3.72. The molecule has 0 spiro atoms. The molecule has 2 atom stereocenters. The van der Waals surface area contributed by atoms with Crippen LogP contribution in [0.2, 0.25) is 0 Å². The molecule has 2 unspecified atom stereocenters. The summed E-state index contributed by atoms with van der Waals surface area (Å²) in [4.78, 5) is 26.1. The fraction of sp³-hybridized carbons (Fsp3) is 0.556. The van der Waals surface area contributed by atoms with Crippen LogP contribution in [0.1, 0.15) is 43.4 Å². The van der Waals surface area contributed by atoms with E-state index in [2.05, 4.69) is 11.4 Å². The summed E-state index contributed by atoms with van der Waals surface area (Å²) in [6, 6.07) is 7.97. The van der Waals surface area contributed by atoms with Crippen molar-refractivity contribution in [3.8, 4) is 0 Å². The highest BCUT2D eigenvalue weighted by Gasteiger charge is 2.32. The number of rotatable bonds is 5. The average Bonchev–Trinajstić information content (AvgIpc) is 3.37. The molecule has 0 saturated heterocycles. The molecule has 3 rings (SSSR count). The van der Waals surface area contributed by atoms with Gasteiger partial charge in [-0.25, -0.2) is 0 Å². The Bertz CT molecular complexity index is 598. The van der Waals surface area contributed by atoms with Gasteiger partial charge < -0.3 is 16.0 Å². The summed E-state index contributed by atoms with van der Waals surface area (Å²) in [7, 11) is 0. The van der Waals surface area contributed by atoms with Gasteiger partial charge in [0.05, 0.1) is 12.5 Å². The number of fused-ring (bicyclic) bond motifs is 1. The summed E-state index contributed by atoms with van der Waals surface area (Å²) in [5, 5.41) is 2.94. The Labute approximate surface area is 137 Å². The molecule has 1 aliphatic carbocycles. The molecular formula is C18H25N3O2. The number of carbonyl (C=O) groups is 2. The molecule has 5 heteroatoms. The lowest BCUT2D eigenvalue weighted by molar-refractivity contribution is -0.133. The van der Waals surface area contributed by atoms with Crippen molar-refractivity contribution in [1.82, 2.24) is 10.2 Å². The monoisotopic (exact) mass is 315 g/mol. The molecule has 2 amide bonds. The maximum Gasteiger partial charge on any atom is 0.222 e. The van der Waals surface area contributed by atoms with Gasteiger partial charge in [0.2, 0.25) is 11.8 Å². The zero-order chi connectivity index (χ0) is 16.4. The van der Waals surface area contributed by atoms with Crippen molar-refractivity contribution in [3.05, 3.63) is 35.4 Å². The van der Waals surface area contributed by atoms with Crippen molar-refractivity contribution in [1.29, 1.82) is 0 Å². The average molecular weight is 315 g/mol. The Morgan fingerprint density at radius 3 is 2.78 bits per heavy atom. The van der Waals surface area contributed by atoms with Crippen LogP contribution < -0.4 is 11.1 Å². The minimum atomic E-state index is -0.172. The number of nitrogens with two attached hydrogens (primary N) is 1. The Hall–Kier alpha value is -1.88. The lowest BCUT2D eigenvalue weighted by Crippen LogP contribution is -2.43. The van der Waals surface area contributed by atoms with Gasteiger partial charge in [-0.1, -0.05) is 24.3 Å². The van der Waals surface area contributed by atoms with Gasteiger partial charge in [0, 0.05) is 26.1 Å². The van der Waals surface area contributed by atoms with E-state index in [0.29, 0.717) is 25.4 Å². The van der Waals surface area contributed by atoms with Gasteiger partial charge in [0.15, 0.2) is 0 Å². The number of nitrogens with one attached hydrogen (secondary N) is 1. The minimum Gasteiger partial charge on any atom is -0.354 e. The van der Waals surface area contributed by atoms with Crippen LogP contribution >= 0.6 is 0 Å². The first-order valence-corrected chi connectivity index (χ1v) is 8.43. The molecule has 0 aromatic heterocycles. The number of benzene rings is 1. The second kappa shape index (κ2) is 6.71. The first-order chi connectivity index (χ1) is 11.1. The normalized spacial score (nSPS) is 21.5. The van der Waals surface area contributed by atoms with Crippen molar-refractivity contribution in [2.24, 2.45) is 11.7 Å². The second-order valence-corrected chi connectivity index (χ2v) is 6.69. The summed E-state index contributed by atoms with van der Waals surface area (Å²) in [6.07, 6.45) is 3.49. The minimum absolute atomic E-state index is 0.0204. The van der Waals surface area contributed by atoms with Gasteiger partial charge in [0.1, 0.15) is 0 Å². The van der Waals surface area contributed by atoms with Crippen LogP contribution in [0.4, 0.5) is 0 Å². The second-order valence-electron chi connectivity index (χ2n) is 6.69. The van der Waals surface area contributed by atoms with Crippen molar-refractivity contribution in [3.63, 3.8) is 0 Å². The van der Waals surface area contributed by atoms with Crippen molar-refractivity contribution < 1.29 is 9.59 Å². The number of hydrogen-bond acceptors (Lipinski definition) is 3. The van der Waals surface area contributed by atoms with Gasteiger partial charge >= 0.3 is 0 Å². The molecule has 124 valence electrons. The maximum absolute atomic E-state index is 12.3. The van der Waals surface area contributed by atoms with E-state index >= 15 is 0 Å². The topological polar surface area (TPSA) is 75.4 Å². The van der Waals surface area contributed by atoms with Crippen molar-refractivity contribution in [2.75, 3.05) is 13.1 Å². The molecule has 1 heterocycles. The van der Waals surface area contributed by atoms with Crippen molar-refractivity contribution >= 4 is 11.8 Å². The van der Waals surface area contributed by atoms with Gasteiger partial charge in [0.25, 0.3) is 0 Å². The van der Waals surface area contributed by atoms with Crippen LogP contribution in [0.5, 0.6) is 0 Å². The maximum atomic E-state index is 12.3. The standard InChI is InChI=1S/C18H25N3O2/c1-12(22)21-9-8-13-4-2-3-5-15(13)17(21)10-18(23)20-11-16(19)14-6-7-14/h2-5,14,16-17H,6-11,19H2,1H3,(H,20,23). The summed E-state index contributed by atoms with van der Waals surface area (Å²) in [5.74, 6) is 0.556. The Kier molecular flexibility index (Phi) is 4.66. The predicted octanol–water partition coefficient (Wildman–Crippen LogP) is 1.38. The smallest absolute Gasteiger partial charge is 0.222 e. The third-order valence-electron chi connectivity index (χ3n) is 4.96. The Balaban J connectivity index is 1.67. The first-order valence-electron chi connectivity index (χ1n) is 8.43. The molecule has 2 aliphatic rings. The molecule has 1 aromatic carbocycles. The summed E-state index contributed by atoms with van der Waals surface area (Å²) in [5.41, 5.74) is 8.36. The van der Waals surface area contributed by atoms with E-state index in [4.69, 9.17) is 5.73 Å². The fourth-order valence-electron chi connectivity index (χ4n) is 3.42. The van der Waals surface area contributed by atoms with Crippen LogP contribution in [-0.4, -0.2) is 35.8 Å². The summed E-state index contributed by atoms with van der Waals surface area (Å²) in [6.45, 7) is 2.77. The van der Waals surface area contributed by atoms with Crippen LogP contribution in [-0.2, 0) is 16.0 Å². The van der Waals surface area contributed by atoms with Gasteiger partial charge in [-0.05, 0) is 36.3 Å². The van der Waals surface area contributed by atoms with Gasteiger partial charge in [-0.2, -0.15) is 0 Å². The zero-order valence-corrected chi connectivity index (χ0v) is 13.6. The zero-order valence-electron chi connectivity index (χ0n) is 13.6. The SMILES string of the molecule is CC(=O)N1CCc2ccccc2C1CC(=O)NCC(N)C1CC1. The molecule has 0 radical (unpaired) electrons. The van der Waals surface area contributed by atoms with E-state index in [-0.39, 0.29) is 23.9 Å². The first kappa shape index (κ1) is 16.0. The molecule has 1 aromatic rings. The van der Waals surface area contributed by atoms with Crippen LogP contribution in [0.15, 0.2) is 24.3 Å².